The molecule has 0 unspecified atom stereocenters. The number of nitrogens with one attached hydrogen (secondary N) is 1. The maximum atomic E-state index is 12.3. The first-order chi connectivity index (χ1) is 12.8. The maximum Gasteiger partial charge on any atom is 0.341 e. The van der Waals surface area contributed by atoms with Crippen LogP contribution in [-0.2, 0) is 9.59 Å². The van der Waals surface area contributed by atoms with Crippen LogP contribution in [0.1, 0.15) is 5.56 Å². The Morgan fingerprint density at radius 3 is 2.41 bits per heavy atom. The molecule has 6 nitrogen and oxygen atoms in total. The Bertz CT molecular complexity index is 944. The zero-order valence-electron chi connectivity index (χ0n) is 13.5. The van der Waals surface area contributed by atoms with Crippen LogP contribution in [0.3, 0.4) is 0 Å². The van der Waals surface area contributed by atoms with Gasteiger partial charge in [0.15, 0.2) is 12.4 Å². The molecule has 0 aromatic heterocycles. The second-order valence-corrected chi connectivity index (χ2v) is 6.38. The van der Waals surface area contributed by atoms with Crippen LogP contribution in [0.15, 0.2) is 42.0 Å². The van der Waals surface area contributed by atoms with Gasteiger partial charge in [-0.15, -0.1) is 0 Å². The summed E-state index contributed by atoms with van der Waals surface area (Å²) in [6.07, 6.45) is 1.29. The van der Waals surface area contributed by atoms with Gasteiger partial charge in [-0.3, -0.25) is 4.79 Å². The molecule has 0 fully saturated rings. The summed E-state index contributed by atoms with van der Waals surface area (Å²) in [5.41, 5.74) is 0.605. The van der Waals surface area contributed by atoms with Gasteiger partial charge in [0.2, 0.25) is 0 Å². The SMILES string of the molecule is N#C/C(=C\c1cc(Cl)c(OCC(=O)O)c(Cl)c1)C(=O)Nc1cccc(Cl)c1. The van der Waals surface area contributed by atoms with E-state index in [0.29, 0.717) is 16.3 Å². The minimum absolute atomic E-state index is 0.000213. The highest BCUT2D eigenvalue weighted by Crippen LogP contribution is 2.35. The number of carboxylic acid groups (broad SMARTS) is 1. The van der Waals surface area contributed by atoms with Crippen LogP contribution < -0.4 is 10.1 Å². The first-order valence-corrected chi connectivity index (χ1v) is 8.46. The zero-order chi connectivity index (χ0) is 20.0. The van der Waals surface area contributed by atoms with Crippen molar-refractivity contribution in [3.63, 3.8) is 0 Å². The number of benzene rings is 2. The molecule has 0 aliphatic heterocycles. The van der Waals surface area contributed by atoms with Crippen LogP contribution in [0.4, 0.5) is 5.69 Å². The van der Waals surface area contributed by atoms with Crippen molar-refractivity contribution >= 4 is 58.4 Å². The Morgan fingerprint density at radius 2 is 1.85 bits per heavy atom. The van der Waals surface area contributed by atoms with Crippen molar-refractivity contribution in [3.8, 4) is 11.8 Å². The third kappa shape index (κ3) is 5.90. The van der Waals surface area contributed by atoms with E-state index in [0.717, 1.165) is 0 Å². The number of hydrogen-bond acceptors (Lipinski definition) is 4. The Balaban J connectivity index is 2.25. The molecule has 0 radical (unpaired) electrons. The summed E-state index contributed by atoms with van der Waals surface area (Å²) in [6.45, 7) is -0.611. The molecule has 0 spiro atoms. The van der Waals surface area contributed by atoms with Crippen LogP contribution in [0.2, 0.25) is 15.1 Å². The molecule has 2 aromatic carbocycles. The third-order valence-corrected chi connectivity index (χ3v) is 3.92. The second-order valence-electron chi connectivity index (χ2n) is 5.13. The summed E-state index contributed by atoms with van der Waals surface area (Å²) in [7, 11) is 0. The maximum absolute atomic E-state index is 12.3. The van der Waals surface area contributed by atoms with Crippen molar-refractivity contribution < 1.29 is 19.4 Å². The summed E-state index contributed by atoms with van der Waals surface area (Å²) in [5.74, 6) is -1.83. The number of nitriles is 1. The lowest BCUT2D eigenvalue weighted by atomic mass is 10.1. The molecule has 0 atom stereocenters. The average Bonchev–Trinajstić information content (AvgIpc) is 2.58. The van der Waals surface area contributed by atoms with Crippen LogP contribution in [0.5, 0.6) is 5.75 Å². The second kappa shape index (κ2) is 9.28. The predicted octanol–water partition coefficient (Wildman–Crippen LogP) is 4.66. The summed E-state index contributed by atoms with van der Waals surface area (Å²) in [6, 6.07) is 11.1. The lowest BCUT2D eigenvalue weighted by Crippen LogP contribution is -2.13. The fraction of sp³-hybridized carbons (Fsp3) is 0.0556. The van der Waals surface area contributed by atoms with E-state index in [4.69, 9.17) is 44.6 Å². The number of hydrogen-bond donors (Lipinski definition) is 2. The normalized spacial score (nSPS) is 10.8. The molecule has 2 N–H and O–H groups in total. The van der Waals surface area contributed by atoms with Crippen molar-refractivity contribution in [2.45, 2.75) is 0 Å². The molecule has 27 heavy (non-hydrogen) atoms. The van der Waals surface area contributed by atoms with Crippen molar-refractivity contribution in [1.82, 2.24) is 0 Å². The first-order valence-electron chi connectivity index (χ1n) is 7.32. The van der Waals surface area contributed by atoms with Crippen LogP contribution in [-0.4, -0.2) is 23.6 Å². The van der Waals surface area contributed by atoms with Crippen LogP contribution in [0.25, 0.3) is 6.08 Å². The highest BCUT2D eigenvalue weighted by atomic mass is 35.5. The van der Waals surface area contributed by atoms with Crippen LogP contribution in [0, 0.1) is 11.3 Å². The van der Waals surface area contributed by atoms with E-state index in [1.54, 1.807) is 24.3 Å². The molecular formula is C18H11Cl3N2O4. The van der Waals surface area contributed by atoms with E-state index < -0.39 is 18.5 Å². The summed E-state index contributed by atoms with van der Waals surface area (Å²) in [5, 5.41) is 21.0. The molecule has 9 heteroatoms. The van der Waals surface area contributed by atoms with Crippen LogP contribution >= 0.6 is 34.8 Å². The van der Waals surface area contributed by atoms with E-state index in [-0.39, 0.29) is 21.4 Å². The number of anilines is 1. The van der Waals surface area contributed by atoms with Gasteiger partial charge in [0, 0.05) is 10.7 Å². The lowest BCUT2D eigenvalue weighted by molar-refractivity contribution is -0.139. The van der Waals surface area contributed by atoms with Gasteiger partial charge in [0.05, 0.1) is 10.0 Å². The number of amides is 1. The van der Waals surface area contributed by atoms with E-state index in [9.17, 15) is 14.9 Å². The number of carbonyl (C=O) groups excluding carboxylic acids is 1. The number of nitrogens with zero attached hydrogens (tertiary/aromatic N) is 1. The third-order valence-electron chi connectivity index (χ3n) is 3.12. The predicted molar refractivity (Wildman–Crippen MR) is 103 cm³/mol. The topological polar surface area (TPSA) is 99.4 Å². The fourth-order valence-electron chi connectivity index (χ4n) is 2.01. The highest BCUT2D eigenvalue weighted by molar-refractivity contribution is 6.37. The smallest absolute Gasteiger partial charge is 0.341 e. The standard InChI is InChI=1S/C18H11Cl3N2O4/c19-12-2-1-3-13(7-12)23-18(26)11(8-22)4-10-5-14(20)17(15(21)6-10)27-9-16(24)25/h1-7H,9H2,(H,23,26)(H,24,25)/b11-4+. The number of carboxylic acids is 1. The van der Waals surface area contributed by atoms with Gasteiger partial charge in [-0.25, -0.2) is 4.79 Å². The molecule has 0 heterocycles. The summed E-state index contributed by atoms with van der Waals surface area (Å²) >= 11 is 17.9. The van der Waals surface area contributed by atoms with Gasteiger partial charge < -0.3 is 15.2 Å². The van der Waals surface area contributed by atoms with E-state index in [1.807, 2.05) is 0 Å². The zero-order valence-corrected chi connectivity index (χ0v) is 15.8. The number of rotatable bonds is 6. The molecule has 1 amide bonds. The van der Waals surface area contributed by atoms with Crippen molar-refractivity contribution in [2.24, 2.45) is 0 Å². The highest BCUT2D eigenvalue weighted by Gasteiger charge is 2.14. The Labute approximate surface area is 169 Å². The van der Waals surface area contributed by atoms with Crippen molar-refractivity contribution in [1.29, 1.82) is 5.26 Å². The molecule has 0 bridgehead atoms. The average molecular weight is 426 g/mol. The van der Waals surface area contributed by atoms with E-state index in [1.165, 1.54) is 24.3 Å². The lowest BCUT2D eigenvalue weighted by Gasteiger charge is -2.09. The molecule has 0 saturated carbocycles. The summed E-state index contributed by atoms with van der Waals surface area (Å²) < 4.78 is 5.01. The van der Waals surface area contributed by atoms with E-state index in [2.05, 4.69) is 5.32 Å². The van der Waals surface area contributed by atoms with E-state index >= 15 is 0 Å². The Kier molecular flexibility index (Phi) is 7.08. The number of halogens is 3. The largest absolute Gasteiger partial charge is 0.479 e. The minimum Gasteiger partial charge on any atom is -0.479 e. The fourth-order valence-corrected chi connectivity index (χ4v) is 2.82. The van der Waals surface area contributed by atoms with Gasteiger partial charge in [-0.2, -0.15) is 5.26 Å². The van der Waals surface area contributed by atoms with Crippen molar-refractivity contribution in [2.75, 3.05) is 11.9 Å². The van der Waals surface area contributed by atoms with Gasteiger partial charge in [-0.05, 0) is 42.0 Å². The van der Waals surface area contributed by atoms with Gasteiger partial charge >= 0.3 is 5.97 Å². The molecule has 2 aromatic rings. The number of aliphatic carboxylic acids is 1. The molecule has 0 aliphatic rings. The van der Waals surface area contributed by atoms with Gasteiger partial charge in [0.25, 0.3) is 5.91 Å². The minimum atomic E-state index is -1.18. The molecule has 0 aliphatic carbocycles. The Hall–Kier alpha value is -2.72. The van der Waals surface area contributed by atoms with Crippen molar-refractivity contribution in [3.05, 3.63) is 62.6 Å². The van der Waals surface area contributed by atoms with Gasteiger partial charge in [0.1, 0.15) is 11.6 Å². The monoisotopic (exact) mass is 424 g/mol. The number of ether oxygens (including phenoxy) is 1. The molecule has 0 saturated heterocycles. The first kappa shape index (κ1) is 20.6. The Morgan fingerprint density at radius 1 is 1.19 bits per heavy atom. The molecular weight excluding hydrogens is 415 g/mol. The number of carbonyl (C=O) groups is 2. The summed E-state index contributed by atoms with van der Waals surface area (Å²) in [4.78, 5) is 22.9. The quantitative estimate of drug-likeness (QED) is 0.518. The molecule has 138 valence electrons. The van der Waals surface area contributed by atoms with Gasteiger partial charge in [-0.1, -0.05) is 40.9 Å². The molecule has 2 rings (SSSR count).